The van der Waals surface area contributed by atoms with Gasteiger partial charge in [0.1, 0.15) is 0 Å². The summed E-state index contributed by atoms with van der Waals surface area (Å²) < 4.78 is 0. The smallest absolute Gasteiger partial charge is 0.222 e. The zero-order valence-corrected chi connectivity index (χ0v) is 19.5. The Hall–Kier alpha value is -2.53. The predicted octanol–water partition coefficient (Wildman–Crippen LogP) is 4.60. The average molecular weight is 454 g/mol. The van der Waals surface area contributed by atoms with Crippen molar-refractivity contribution >= 4 is 29.1 Å². The van der Waals surface area contributed by atoms with E-state index < -0.39 is 0 Å². The Balaban J connectivity index is 1.23. The quantitative estimate of drug-likeness (QED) is 0.695. The summed E-state index contributed by atoms with van der Waals surface area (Å²) in [4.78, 5) is 29.6. The van der Waals surface area contributed by atoms with Gasteiger partial charge in [0, 0.05) is 49.7 Å². The molecule has 0 saturated carbocycles. The SMILES string of the molecule is C[C@@H](CC(=O)N[C@@H]1CCCc2ccccc21)CC(=O)N1CCN(c2cccc(Cl)c2)CC1. The standard InChI is InChI=1S/C26H32ClN3O2/c1-19(16-25(31)28-24-11-4-7-20-6-2-3-10-23(20)24)17-26(32)30-14-12-29(13-15-30)22-9-5-8-21(27)18-22/h2-3,5-6,8-10,18-19,24H,4,7,11-17H2,1H3,(H,28,31)/t19-,24+/m0/s1. The van der Waals surface area contributed by atoms with Gasteiger partial charge in [-0.2, -0.15) is 0 Å². The third-order valence-corrected chi connectivity index (χ3v) is 6.80. The summed E-state index contributed by atoms with van der Waals surface area (Å²) in [6.07, 6.45) is 3.95. The highest BCUT2D eigenvalue weighted by Gasteiger charge is 2.25. The van der Waals surface area contributed by atoms with Gasteiger partial charge < -0.3 is 15.1 Å². The number of aryl methyl sites for hydroxylation is 1. The van der Waals surface area contributed by atoms with E-state index in [1.54, 1.807) is 0 Å². The average Bonchev–Trinajstić information content (AvgIpc) is 2.79. The molecule has 5 nitrogen and oxygen atoms in total. The second-order valence-electron chi connectivity index (χ2n) is 9.07. The fourth-order valence-corrected chi connectivity index (χ4v) is 5.04. The van der Waals surface area contributed by atoms with Gasteiger partial charge in [0.15, 0.2) is 0 Å². The molecule has 1 saturated heterocycles. The number of hydrogen-bond acceptors (Lipinski definition) is 3. The van der Waals surface area contributed by atoms with Crippen LogP contribution in [0.4, 0.5) is 5.69 Å². The molecule has 2 atom stereocenters. The van der Waals surface area contributed by atoms with Crippen molar-refractivity contribution in [2.24, 2.45) is 5.92 Å². The number of carbonyl (C=O) groups is 2. The zero-order chi connectivity index (χ0) is 22.5. The summed E-state index contributed by atoms with van der Waals surface area (Å²) in [5.74, 6) is 0.198. The first-order valence-corrected chi connectivity index (χ1v) is 12.0. The van der Waals surface area contributed by atoms with Gasteiger partial charge in [0.2, 0.25) is 11.8 Å². The van der Waals surface area contributed by atoms with Crippen molar-refractivity contribution in [3.8, 4) is 0 Å². The van der Waals surface area contributed by atoms with Gasteiger partial charge in [0.05, 0.1) is 6.04 Å². The number of fused-ring (bicyclic) bond motifs is 1. The van der Waals surface area contributed by atoms with Crippen LogP contribution in [0.15, 0.2) is 48.5 Å². The molecule has 0 bridgehead atoms. The molecule has 0 aromatic heterocycles. The van der Waals surface area contributed by atoms with Gasteiger partial charge in [-0.05, 0) is 54.5 Å². The van der Waals surface area contributed by atoms with E-state index in [-0.39, 0.29) is 23.8 Å². The number of rotatable bonds is 6. The number of amides is 2. The van der Waals surface area contributed by atoms with Gasteiger partial charge in [-0.3, -0.25) is 9.59 Å². The maximum atomic E-state index is 12.8. The lowest BCUT2D eigenvalue weighted by Crippen LogP contribution is -2.49. The topological polar surface area (TPSA) is 52.7 Å². The zero-order valence-electron chi connectivity index (χ0n) is 18.7. The molecule has 1 fully saturated rings. The Morgan fingerprint density at radius 2 is 1.84 bits per heavy atom. The first-order chi connectivity index (χ1) is 15.5. The number of carbonyl (C=O) groups excluding carboxylic acids is 2. The lowest BCUT2D eigenvalue weighted by molar-refractivity contribution is -0.132. The van der Waals surface area contributed by atoms with Crippen molar-refractivity contribution in [2.45, 2.75) is 45.1 Å². The number of nitrogens with one attached hydrogen (secondary N) is 1. The molecule has 1 aliphatic heterocycles. The largest absolute Gasteiger partial charge is 0.368 e. The molecule has 2 aromatic carbocycles. The lowest BCUT2D eigenvalue weighted by Gasteiger charge is -2.36. The van der Waals surface area contributed by atoms with Crippen molar-refractivity contribution in [3.05, 3.63) is 64.7 Å². The molecule has 0 spiro atoms. The van der Waals surface area contributed by atoms with Gasteiger partial charge in [-0.15, -0.1) is 0 Å². The van der Waals surface area contributed by atoms with Crippen LogP contribution in [-0.2, 0) is 16.0 Å². The van der Waals surface area contributed by atoms with Crippen LogP contribution in [0.25, 0.3) is 0 Å². The van der Waals surface area contributed by atoms with Crippen molar-refractivity contribution in [1.29, 1.82) is 0 Å². The van der Waals surface area contributed by atoms with E-state index >= 15 is 0 Å². The van der Waals surface area contributed by atoms with Crippen LogP contribution in [0, 0.1) is 5.92 Å². The summed E-state index contributed by atoms with van der Waals surface area (Å²) >= 11 is 6.10. The summed E-state index contributed by atoms with van der Waals surface area (Å²) in [5.41, 5.74) is 3.68. The number of piperazine rings is 1. The van der Waals surface area contributed by atoms with Crippen molar-refractivity contribution in [3.63, 3.8) is 0 Å². The molecule has 2 aromatic rings. The molecule has 1 aliphatic carbocycles. The maximum absolute atomic E-state index is 12.8. The minimum absolute atomic E-state index is 0.0206. The first-order valence-electron chi connectivity index (χ1n) is 11.6. The molecule has 6 heteroatoms. The Morgan fingerprint density at radius 3 is 2.62 bits per heavy atom. The Labute approximate surface area is 195 Å². The lowest BCUT2D eigenvalue weighted by atomic mass is 9.87. The maximum Gasteiger partial charge on any atom is 0.222 e. The van der Waals surface area contributed by atoms with Crippen molar-refractivity contribution < 1.29 is 9.59 Å². The fraction of sp³-hybridized carbons (Fsp3) is 0.462. The van der Waals surface area contributed by atoms with Gasteiger partial charge in [-0.25, -0.2) is 0 Å². The Morgan fingerprint density at radius 1 is 1.06 bits per heavy atom. The molecule has 170 valence electrons. The molecule has 4 rings (SSSR count). The number of hydrogen-bond donors (Lipinski definition) is 1. The van der Waals surface area contributed by atoms with Crippen LogP contribution in [0.3, 0.4) is 0 Å². The number of nitrogens with zero attached hydrogens (tertiary/aromatic N) is 2. The summed E-state index contributed by atoms with van der Waals surface area (Å²) in [7, 11) is 0. The Bertz CT molecular complexity index is 956. The minimum Gasteiger partial charge on any atom is -0.368 e. The van der Waals surface area contributed by atoms with E-state index in [4.69, 9.17) is 11.6 Å². The normalized spacial score (nSPS) is 19.2. The molecule has 2 amide bonds. The summed E-state index contributed by atoms with van der Waals surface area (Å²) in [6.45, 7) is 4.98. The molecule has 32 heavy (non-hydrogen) atoms. The van der Waals surface area contributed by atoms with E-state index in [0.29, 0.717) is 25.9 Å². The number of halogens is 1. The number of benzene rings is 2. The third-order valence-electron chi connectivity index (χ3n) is 6.57. The van der Waals surface area contributed by atoms with Crippen molar-refractivity contribution in [2.75, 3.05) is 31.1 Å². The highest BCUT2D eigenvalue weighted by atomic mass is 35.5. The highest BCUT2D eigenvalue weighted by Crippen LogP contribution is 2.29. The molecular formula is C26H32ClN3O2. The first kappa shape index (κ1) is 22.7. The molecule has 1 heterocycles. The predicted molar refractivity (Wildman–Crippen MR) is 129 cm³/mol. The van der Waals surface area contributed by atoms with Crippen LogP contribution in [0.5, 0.6) is 0 Å². The van der Waals surface area contributed by atoms with Crippen LogP contribution >= 0.6 is 11.6 Å². The van der Waals surface area contributed by atoms with E-state index in [1.807, 2.05) is 36.1 Å². The van der Waals surface area contributed by atoms with Crippen molar-refractivity contribution in [1.82, 2.24) is 10.2 Å². The Kier molecular flexibility index (Phi) is 7.36. The molecule has 1 N–H and O–H groups in total. The second-order valence-corrected chi connectivity index (χ2v) is 9.51. The van der Waals surface area contributed by atoms with E-state index in [0.717, 1.165) is 43.1 Å². The van der Waals surface area contributed by atoms with Crippen LogP contribution in [-0.4, -0.2) is 42.9 Å². The minimum atomic E-state index is 0.0206. The third kappa shape index (κ3) is 5.63. The van der Waals surface area contributed by atoms with Crippen LogP contribution in [0.1, 0.15) is 49.8 Å². The summed E-state index contributed by atoms with van der Waals surface area (Å²) in [6, 6.07) is 16.3. The van der Waals surface area contributed by atoms with E-state index in [1.165, 1.54) is 11.1 Å². The van der Waals surface area contributed by atoms with E-state index in [9.17, 15) is 9.59 Å². The van der Waals surface area contributed by atoms with E-state index in [2.05, 4.69) is 34.5 Å². The van der Waals surface area contributed by atoms with Gasteiger partial charge in [-0.1, -0.05) is 48.9 Å². The fourth-order valence-electron chi connectivity index (χ4n) is 4.86. The highest BCUT2D eigenvalue weighted by molar-refractivity contribution is 6.30. The monoisotopic (exact) mass is 453 g/mol. The summed E-state index contributed by atoms with van der Waals surface area (Å²) in [5, 5.41) is 3.93. The second kappa shape index (κ2) is 10.4. The number of anilines is 1. The molecule has 0 unspecified atom stereocenters. The molecule has 2 aliphatic rings. The van der Waals surface area contributed by atoms with Gasteiger partial charge >= 0.3 is 0 Å². The van der Waals surface area contributed by atoms with Crippen LogP contribution < -0.4 is 10.2 Å². The van der Waals surface area contributed by atoms with Crippen LogP contribution in [0.2, 0.25) is 5.02 Å². The molecule has 0 radical (unpaired) electrons. The molecular weight excluding hydrogens is 422 g/mol. The van der Waals surface area contributed by atoms with Gasteiger partial charge in [0.25, 0.3) is 0 Å².